The molecule has 7 heteroatoms. The van der Waals surface area contributed by atoms with Crippen LogP contribution in [0, 0.1) is 0 Å². The molecule has 0 atom stereocenters. The lowest BCUT2D eigenvalue weighted by Crippen LogP contribution is -2.48. The Kier molecular flexibility index (Phi) is 7.03. The molecule has 1 saturated carbocycles. The maximum Gasteiger partial charge on any atom is 0.325 e. The van der Waals surface area contributed by atoms with Crippen LogP contribution >= 0.6 is 0 Å². The van der Waals surface area contributed by atoms with Crippen molar-refractivity contribution in [1.29, 1.82) is 0 Å². The number of ether oxygens (including phenoxy) is 1. The van der Waals surface area contributed by atoms with Gasteiger partial charge in [-0.15, -0.1) is 0 Å². The lowest BCUT2D eigenvalue weighted by atomic mass is 9.82. The number of nitrogens with zero attached hydrogens (tertiary/aromatic N) is 1. The molecule has 0 radical (unpaired) electrons. The zero-order valence-corrected chi connectivity index (χ0v) is 16.2. The Bertz CT molecular complexity index is 686. The van der Waals surface area contributed by atoms with Crippen LogP contribution in [0.5, 0.6) is 0 Å². The molecule has 0 bridgehead atoms. The molecule has 2 aliphatic rings. The predicted octanol–water partition coefficient (Wildman–Crippen LogP) is 2.35. The molecular formula is C21H29N3O4. The third-order valence-electron chi connectivity index (χ3n) is 5.41. The Labute approximate surface area is 165 Å². The molecule has 2 fully saturated rings. The van der Waals surface area contributed by atoms with Gasteiger partial charge in [-0.05, 0) is 24.8 Å². The SMILES string of the molecule is O=C(CCN1C(=O)NC2(CCCCC2)C1=O)NCCCOCc1ccccc1. The van der Waals surface area contributed by atoms with E-state index in [0.717, 1.165) is 24.8 Å². The van der Waals surface area contributed by atoms with Crippen molar-refractivity contribution in [3.8, 4) is 0 Å². The van der Waals surface area contributed by atoms with E-state index < -0.39 is 5.54 Å². The molecule has 2 N–H and O–H groups in total. The third-order valence-corrected chi connectivity index (χ3v) is 5.41. The van der Waals surface area contributed by atoms with E-state index in [1.165, 1.54) is 4.90 Å². The van der Waals surface area contributed by atoms with Gasteiger partial charge in [0.25, 0.3) is 5.91 Å². The number of imide groups is 1. The lowest BCUT2D eigenvalue weighted by molar-refractivity contribution is -0.132. The van der Waals surface area contributed by atoms with Crippen molar-refractivity contribution < 1.29 is 19.1 Å². The summed E-state index contributed by atoms with van der Waals surface area (Å²) in [7, 11) is 0. The van der Waals surface area contributed by atoms with Crippen molar-refractivity contribution in [2.24, 2.45) is 0 Å². The second-order valence-corrected chi connectivity index (χ2v) is 7.52. The Morgan fingerprint density at radius 1 is 1.14 bits per heavy atom. The average molecular weight is 387 g/mol. The monoisotopic (exact) mass is 387 g/mol. The van der Waals surface area contributed by atoms with Crippen LogP contribution in [0.4, 0.5) is 4.79 Å². The molecule has 1 aliphatic carbocycles. The second kappa shape index (κ2) is 9.68. The lowest BCUT2D eigenvalue weighted by Gasteiger charge is -2.30. The number of carbonyl (C=O) groups is 3. The van der Waals surface area contributed by atoms with E-state index in [1.807, 2.05) is 30.3 Å². The van der Waals surface area contributed by atoms with Crippen molar-refractivity contribution in [3.05, 3.63) is 35.9 Å². The predicted molar refractivity (Wildman–Crippen MR) is 104 cm³/mol. The Morgan fingerprint density at radius 3 is 2.64 bits per heavy atom. The van der Waals surface area contributed by atoms with E-state index in [1.54, 1.807) is 0 Å². The van der Waals surface area contributed by atoms with Crippen LogP contribution in [0.15, 0.2) is 30.3 Å². The first-order valence-electron chi connectivity index (χ1n) is 10.1. The highest BCUT2D eigenvalue weighted by atomic mass is 16.5. The fourth-order valence-corrected chi connectivity index (χ4v) is 3.84. The summed E-state index contributed by atoms with van der Waals surface area (Å²) in [5, 5.41) is 5.68. The molecule has 1 aliphatic heterocycles. The molecule has 1 saturated heterocycles. The minimum Gasteiger partial charge on any atom is -0.377 e. The number of hydrogen-bond donors (Lipinski definition) is 2. The van der Waals surface area contributed by atoms with Crippen LogP contribution in [0.1, 0.15) is 50.5 Å². The van der Waals surface area contributed by atoms with Gasteiger partial charge >= 0.3 is 6.03 Å². The van der Waals surface area contributed by atoms with Crippen LogP contribution in [0.3, 0.4) is 0 Å². The summed E-state index contributed by atoms with van der Waals surface area (Å²) in [6.07, 6.45) is 5.24. The van der Waals surface area contributed by atoms with Gasteiger partial charge in [0.1, 0.15) is 5.54 Å². The van der Waals surface area contributed by atoms with E-state index in [2.05, 4.69) is 10.6 Å². The number of amides is 4. The van der Waals surface area contributed by atoms with Gasteiger partial charge in [0.15, 0.2) is 0 Å². The number of rotatable bonds is 9. The van der Waals surface area contributed by atoms with Gasteiger partial charge in [0.2, 0.25) is 5.91 Å². The normalized spacial score (nSPS) is 18.4. The first kappa shape index (κ1) is 20.3. The van der Waals surface area contributed by atoms with Crippen molar-refractivity contribution in [1.82, 2.24) is 15.5 Å². The van der Waals surface area contributed by atoms with Crippen LogP contribution in [0.2, 0.25) is 0 Å². The van der Waals surface area contributed by atoms with Crippen LogP contribution < -0.4 is 10.6 Å². The van der Waals surface area contributed by atoms with Gasteiger partial charge in [0.05, 0.1) is 6.61 Å². The molecule has 1 heterocycles. The molecular weight excluding hydrogens is 358 g/mol. The van der Waals surface area contributed by atoms with Crippen LogP contribution in [0.25, 0.3) is 0 Å². The zero-order valence-electron chi connectivity index (χ0n) is 16.2. The standard InChI is InChI=1S/C21H29N3O4/c25-18(22-13-7-15-28-16-17-8-3-1-4-9-17)10-14-24-19(26)21(23-20(24)27)11-5-2-6-12-21/h1,3-4,8-9H,2,5-7,10-16H2,(H,22,25)(H,23,27). The average Bonchev–Trinajstić information content (AvgIpc) is 2.93. The highest BCUT2D eigenvalue weighted by Crippen LogP contribution is 2.33. The smallest absolute Gasteiger partial charge is 0.325 e. The maximum atomic E-state index is 12.6. The molecule has 0 unspecified atom stereocenters. The van der Waals surface area contributed by atoms with E-state index in [9.17, 15) is 14.4 Å². The molecule has 3 rings (SSSR count). The van der Waals surface area contributed by atoms with Gasteiger partial charge in [-0.3, -0.25) is 14.5 Å². The molecule has 4 amide bonds. The molecule has 28 heavy (non-hydrogen) atoms. The fraction of sp³-hybridized carbons (Fsp3) is 0.571. The van der Waals surface area contributed by atoms with E-state index in [4.69, 9.17) is 4.74 Å². The van der Waals surface area contributed by atoms with Crippen molar-refractivity contribution in [2.45, 2.75) is 57.1 Å². The summed E-state index contributed by atoms with van der Waals surface area (Å²) in [6.45, 7) is 1.76. The van der Waals surface area contributed by atoms with Crippen molar-refractivity contribution in [2.75, 3.05) is 19.7 Å². The Morgan fingerprint density at radius 2 is 1.89 bits per heavy atom. The Hall–Kier alpha value is -2.41. The quantitative estimate of drug-likeness (QED) is 0.503. The largest absolute Gasteiger partial charge is 0.377 e. The van der Waals surface area contributed by atoms with Crippen LogP contribution in [-0.4, -0.2) is 48.0 Å². The molecule has 7 nitrogen and oxygen atoms in total. The molecule has 0 aromatic heterocycles. The third kappa shape index (κ3) is 5.10. The summed E-state index contributed by atoms with van der Waals surface area (Å²) in [4.78, 5) is 38.0. The summed E-state index contributed by atoms with van der Waals surface area (Å²) in [5.41, 5.74) is 0.401. The van der Waals surface area contributed by atoms with Gasteiger partial charge in [-0.2, -0.15) is 0 Å². The first-order chi connectivity index (χ1) is 13.6. The van der Waals surface area contributed by atoms with Gasteiger partial charge < -0.3 is 15.4 Å². The molecule has 1 aromatic carbocycles. The van der Waals surface area contributed by atoms with Crippen molar-refractivity contribution >= 4 is 17.8 Å². The van der Waals surface area contributed by atoms with Gasteiger partial charge in [-0.1, -0.05) is 49.6 Å². The number of carbonyl (C=O) groups excluding carboxylic acids is 3. The highest BCUT2D eigenvalue weighted by Gasteiger charge is 2.50. The number of benzene rings is 1. The summed E-state index contributed by atoms with van der Waals surface area (Å²) >= 11 is 0. The topological polar surface area (TPSA) is 87.7 Å². The van der Waals surface area contributed by atoms with Gasteiger partial charge in [-0.25, -0.2) is 4.79 Å². The van der Waals surface area contributed by atoms with E-state index in [-0.39, 0.29) is 30.8 Å². The Balaban J connectivity index is 1.30. The number of hydrogen-bond acceptors (Lipinski definition) is 4. The fourth-order valence-electron chi connectivity index (χ4n) is 3.84. The number of urea groups is 1. The summed E-state index contributed by atoms with van der Waals surface area (Å²) in [5.74, 6) is -0.326. The second-order valence-electron chi connectivity index (χ2n) is 7.52. The van der Waals surface area contributed by atoms with Gasteiger partial charge in [0, 0.05) is 26.1 Å². The number of nitrogens with one attached hydrogen (secondary N) is 2. The summed E-state index contributed by atoms with van der Waals surface area (Å²) in [6, 6.07) is 9.56. The maximum absolute atomic E-state index is 12.6. The zero-order chi connectivity index (χ0) is 19.8. The minimum atomic E-state index is -0.720. The summed E-state index contributed by atoms with van der Waals surface area (Å²) < 4.78 is 5.58. The van der Waals surface area contributed by atoms with E-state index >= 15 is 0 Å². The highest BCUT2D eigenvalue weighted by molar-refractivity contribution is 6.07. The van der Waals surface area contributed by atoms with Crippen molar-refractivity contribution in [3.63, 3.8) is 0 Å². The molecule has 152 valence electrons. The first-order valence-corrected chi connectivity index (χ1v) is 10.1. The molecule has 1 spiro atoms. The van der Waals surface area contributed by atoms with Crippen LogP contribution in [-0.2, 0) is 20.9 Å². The molecule has 1 aromatic rings. The minimum absolute atomic E-state index is 0.125. The van der Waals surface area contributed by atoms with E-state index in [0.29, 0.717) is 39.0 Å².